The molecule has 20 heavy (non-hydrogen) atoms. The van der Waals surface area contributed by atoms with Crippen LogP contribution >= 0.6 is 15.9 Å². The monoisotopic (exact) mass is 339 g/mol. The molecule has 0 saturated carbocycles. The number of nitrogens with zero attached hydrogens (tertiary/aromatic N) is 3. The molecule has 108 valence electrons. The number of nitrogens with one attached hydrogen (secondary N) is 1. The van der Waals surface area contributed by atoms with Gasteiger partial charge in [-0.3, -0.25) is 9.36 Å². The highest BCUT2D eigenvalue weighted by molar-refractivity contribution is 9.10. The van der Waals surface area contributed by atoms with Crippen LogP contribution in [0.5, 0.6) is 0 Å². The molecule has 0 unspecified atom stereocenters. The number of carbonyl (C=O) groups excluding carboxylic acids is 1. The predicted octanol–water partition coefficient (Wildman–Crippen LogP) is 2.08. The van der Waals surface area contributed by atoms with Gasteiger partial charge in [-0.1, -0.05) is 0 Å². The zero-order chi connectivity index (χ0) is 14.9. The SMILES string of the molecule is CC(C)(C)NC(=O)CCn1c(N)nc2cc(Br)cnc21. The van der Waals surface area contributed by atoms with Gasteiger partial charge in [-0.05, 0) is 42.8 Å². The molecule has 0 aromatic carbocycles. The highest BCUT2D eigenvalue weighted by atomic mass is 79.9. The minimum Gasteiger partial charge on any atom is -0.369 e. The lowest BCUT2D eigenvalue weighted by Gasteiger charge is -2.20. The number of hydrogen-bond donors (Lipinski definition) is 2. The average Bonchev–Trinajstić information content (AvgIpc) is 2.59. The van der Waals surface area contributed by atoms with Crippen LogP contribution in [0, 0.1) is 0 Å². The molecule has 2 heterocycles. The number of anilines is 1. The van der Waals surface area contributed by atoms with E-state index < -0.39 is 0 Å². The molecule has 0 aliphatic rings. The van der Waals surface area contributed by atoms with Gasteiger partial charge in [0.25, 0.3) is 0 Å². The molecule has 7 heteroatoms. The number of carbonyl (C=O) groups is 1. The summed E-state index contributed by atoms with van der Waals surface area (Å²) in [5.74, 6) is 0.352. The van der Waals surface area contributed by atoms with Crippen LogP contribution in [0.1, 0.15) is 27.2 Å². The standard InChI is InChI=1S/C13H18BrN5O/c1-13(2,3)18-10(20)4-5-19-11-9(17-12(19)15)6-8(14)7-16-11/h6-7H,4-5H2,1-3H3,(H2,15,17)(H,18,20). The number of aromatic nitrogens is 3. The third-order valence-corrected chi connectivity index (χ3v) is 3.09. The fourth-order valence-corrected chi connectivity index (χ4v) is 2.24. The first-order chi connectivity index (χ1) is 9.26. The van der Waals surface area contributed by atoms with Gasteiger partial charge in [0.1, 0.15) is 5.52 Å². The first-order valence-corrected chi connectivity index (χ1v) is 7.14. The molecular weight excluding hydrogens is 322 g/mol. The number of pyridine rings is 1. The molecule has 0 bridgehead atoms. The van der Waals surface area contributed by atoms with Crippen molar-refractivity contribution in [3.8, 4) is 0 Å². The van der Waals surface area contributed by atoms with Crippen molar-refractivity contribution in [2.75, 3.05) is 5.73 Å². The largest absolute Gasteiger partial charge is 0.369 e. The maximum Gasteiger partial charge on any atom is 0.222 e. The van der Waals surface area contributed by atoms with Crippen molar-refractivity contribution >= 4 is 38.9 Å². The molecule has 1 amide bonds. The Hall–Kier alpha value is -1.63. The van der Waals surface area contributed by atoms with E-state index in [1.807, 2.05) is 26.8 Å². The molecular formula is C13H18BrN5O. The fraction of sp³-hybridized carbons (Fsp3) is 0.462. The highest BCUT2D eigenvalue weighted by Gasteiger charge is 2.15. The molecule has 0 aliphatic heterocycles. The molecule has 0 fully saturated rings. The topological polar surface area (TPSA) is 85.8 Å². The minimum atomic E-state index is -0.233. The first kappa shape index (κ1) is 14.8. The van der Waals surface area contributed by atoms with Crippen LogP contribution in [0.3, 0.4) is 0 Å². The van der Waals surface area contributed by atoms with Crippen LogP contribution in [0.25, 0.3) is 11.2 Å². The van der Waals surface area contributed by atoms with Crippen LogP contribution in [-0.2, 0) is 11.3 Å². The van der Waals surface area contributed by atoms with Gasteiger partial charge in [0.05, 0.1) is 0 Å². The summed E-state index contributed by atoms with van der Waals surface area (Å²) in [6.45, 7) is 6.31. The van der Waals surface area contributed by atoms with Crippen molar-refractivity contribution in [1.82, 2.24) is 19.9 Å². The van der Waals surface area contributed by atoms with E-state index in [1.165, 1.54) is 0 Å². The molecule has 6 nitrogen and oxygen atoms in total. The Morgan fingerprint density at radius 2 is 2.20 bits per heavy atom. The van der Waals surface area contributed by atoms with Crippen LogP contribution in [0.4, 0.5) is 5.95 Å². The van der Waals surface area contributed by atoms with Gasteiger partial charge in [-0.15, -0.1) is 0 Å². The van der Waals surface area contributed by atoms with E-state index in [-0.39, 0.29) is 11.4 Å². The van der Waals surface area contributed by atoms with Crippen molar-refractivity contribution in [2.45, 2.75) is 39.3 Å². The maximum atomic E-state index is 11.8. The van der Waals surface area contributed by atoms with Crippen molar-refractivity contribution in [3.63, 3.8) is 0 Å². The average molecular weight is 340 g/mol. The van der Waals surface area contributed by atoms with E-state index in [0.717, 1.165) is 4.47 Å². The molecule has 2 rings (SSSR count). The summed E-state index contributed by atoms with van der Waals surface area (Å²) < 4.78 is 2.60. The smallest absolute Gasteiger partial charge is 0.222 e. The molecule has 0 saturated heterocycles. The lowest BCUT2D eigenvalue weighted by atomic mass is 10.1. The Bertz CT molecular complexity index is 644. The van der Waals surface area contributed by atoms with E-state index in [9.17, 15) is 4.79 Å². The summed E-state index contributed by atoms with van der Waals surface area (Å²) in [7, 11) is 0. The second-order valence-corrected chi connectivity index (χ2v) is 6.58. The number of fused-ring (bicyclic) bond motifs is 1. The third-order valence-electron chi connectivity index (χ3n) is 2.66. The summed E-state index contributed by atoms with van der Waals surface area (Å²) in [6, 6.07) is 1.85. The molecule has 2 aromatic rings. The Morgan fingerprint density at radius 3 is 2.85 bits per heavy atom. The van der Waals surface area contributed by atoms with Crippen molar-refractivity contribution in [2.24, 2.45) is 0 Å². The normalized spacial score (nSPS) is 11.8. The van der Waals surface area contributed by atoms with Gasteiger partial charge < -0.3 is 11.1 Å². The zero-order valence-corrected chi connectivity index (χ0v) is 13.4. The van der Waals surface area contributed by atoms with Gasteiger partial charge >= 0.3 is 0 Å². The van der Waals surface area contributed by atoms with E-state index in [2.05, 4.69) is 31.2 Å². The summed E-state index contributed by atoms with van der Waals surface area (Å²) >= 11 is 3.34. The van der Waals surface area contributed by atoms with Gasteiger partial charge in [0.15, 0.2) is 5.65 Å². The molecule has 0 radical (unpaired) electrons. The van der Waals surface area contributed by atoms with E-state index in [4.69, 9.17) is 5.73 Å². The van der Waals surface area contributed by atoms with Crippen molar-refractivity contribution in [3.05, 3.63) is 16.7 Å². The van der Waals surface area contributed by atoms with Crippen LogP contribution in [0.15, 0.2) is 16.7 Å². The van der Waals surface area contributed by atoms with Crippen LogP contribution in [0.2, 0.25) is 0 Å². The number of hydrogen-bond acceptors (Lipinski definition) is 4. The summed E-state index contributed by atoms with van der Waals surface area (Å²) in [6.07, 6.45) is 2.03. The first-order valence-electron chi connectivity index (χ1n) is 6.34. The minimum absolute atomic E-state index is 0.0177. The van der Waals surface area contributed by atoms with Gasteiger partial charge in [0.2, 0.25) is 11.9 Å². The van der Waals surface area contributed by atoms with Crippen molar-refractivity contribution < 1.29 is 4.79 Å². The Labute approximate surface area is 125 Å². The number of nitrogen functional groups attached to an aromatic ring is 1. The Morgan fingerprint density at radius 1 is 1.50 bits per heavy atom. The molecule has 0 atom stereocenters. The van der Waals surface area contributed by atoms with Gasteiger partial charge in [-0.2, -0.15) is 0 Å². The fourth-order valence-electron chi connectivity index (χ4n) is 1.92. The summed E-state index contributed by atoms with van der Waals surface area (Å²) in [4.78, 5) is 20.4. The van der Waals surface area contributed by atoms with Crippen LogP contribution in [-0.4, -0.2) is 26.0 Å². The molecule has 2 aromatic heterocycles. The van der Waals surface area contributed by atoms with Crippen LogP contribution < -0.4 is 11.1 Å². The number of aryl methyl sites for hydroxylation is 1. The van der Waals surface area contributed by atoms with Crippen molar-refractivity contribution in [1.29, 1.82) is 0 Å². The summed E-state index contributed by atoms with van der Waals surface area (Å²) in [5, 5.41) is 2.92. The molecule has 3 N–H and O–H groups in total. The quantitative estimate of drug-likeness (QED) is 0.896. The maximum absolute atomic E-state index is 11.8. The summed E-state index contributed by atoms with van der Waals surface area (Å²) in [5.41, 5.74) is 7.05. The number of imidazole rings is 1. The number of rotatable bonds is 3. The predicted molar refractivity (Wildman–Crippen MR) is 82.2 cm³/mol. The highest BCUT2D eigenvalue weighted by Crippen LogP contribution is 2.19. The number of amides is 1. The lowest BCUT2D eigenvalue weighted by molar-refractivity contribution is -0.122. The number of halogens is 1. The number of nitrogens with two attached hydrogens (primary N) is 1. The lowest BCUT2D eigenvalue weighted by Crippen LogP contribution is -2.40. The third kappa shape index (κ3) is 3.47. The van der Waals surface area contributed by atoms with E-state index >= 15 is 0 Å². The molecule has 0 spiro atoms. The van der Waals surface area contributed by atoms with E-state index in [0.29, 0.717) is 30.1 Å². The Balaban J connectivity index is 2.14. The van der Waals surface area contributed by atoms with Gasteiger partial charge in [-0.25, -0.2) is 9.97 Å². The van der Waals surface area contributed by atoms with E-state index in [1.54, 1.807) is 10.8 Å². The molecule has 0 aliphatic carbocycles. The second-order valence-electron chi connectivity index (χ2n) is 5.67. The van der Waals surface area contributed by atoms with Gasteiger partial charge in [0, 0.05) is 29.2 Å². The second kappa shape index (κ2) is 5.40. The zero-order valence-electron chi connectivity index (χ0n) is 11.8. The Kier molecular flexibility index (Phi) is 3.99.